The van der Waals surface area contributed by atoms with Crippen LogP contribution in [-0.4, -0.2) is 0 Å². The second kappa shape index (κ2) is 19.8. The largest absolute Gasteiger partial charge is 0.310 e. The van der Waals surface area contributed by atoms with Crippen LogP contribution in [0.25, 0.3) is 44.5 Å². The molecule has 0 heterocycles. The lowest BCUT2D eigenvalue weighted by molar-refractivity contribution is 0.660. The smallest absolute Gasteiger partial charge is 0.0714 e. The average Bonchev–Trinajstić information content (AvgIpc) is 1.74. The molecule has 0 saturated heterocycles. The fourth-order valence-corrected chi connectivity index (χ4v) is 15.1. The van der Waals surface area contributed by atoms with Gasteiger partial charge in [0.05, 0.1) is 16.5 Å². The van der Waals surface area contributed by atoms with Crippen molar-refractivity contribution in [1.82, 2.24) is 0 Å². The van der Waals surface area contributed by atoms with E-state index in [-0.39, 0.29) is 5.41 Å². The first-order valence-corrected chi connectivity index (χ1v) is 29.7. The number of anilines is 6. The van der Waals surface area contributed by atoms with E-state index >= 15 is 0 Å². The van der Waals surface area contributed by atoms with E-state index in [1.54, 1.807) is 0 Å². The van der Waals surface area contributed by atoms with Crippen LogP contribution in [0.1, 0.15) is 69.5 Å². The second-order valence-corrected chi connectivity index (χ2v) is 23.5. The molecule has 0 radical (unpaired) electrons. The van der Waals surface area contributed by atoms with Gasteiger partial charge in [-0.05, 0) is 161 Å². The molecule has 0 aromatic heterocycles. The fraction of sp³-hybridized carbons (Fsp3) is 0.0602. The number of hydrogen-bond donors (Lipinski definition) is 0. The summed E-state index contributed by atoms with van der Waals surface area (Å²) in [4.78, 5) is 4.97. The van der Waals surface area contributed by atoms with Crippen LogP contribution in [0.4, 0.5) is 34.1 Å². The molecule has 0 fully saturated rings. The molecule has 13 aromatic rings. The second-order valence-electron chi connectivity index (χ2n) is 23.5. The van der Waals surface area contributed by atoms with Gasteiger partial charge in [-0.2, -0.15) is 0 Å². The summed E-state index contributed by atoms with van der Waals surface area (Å²) in [6.07, 6.45) is 0. The molecular weight excluding hydrogens is 1020 g/mol. The minimum absolute atomic E-state index is 0.199. The molecule has 0 spiro atoms. The van der Waals surface area contributed by atoms with Gasteiger partial charge >= 0.3 is 0 Å². The molecule has 0 amide bonds. The third-order valence-corrected chi connectivity index (χ3v) is 18.8. The maximum atomic E-state index is 2.49. The summed E-state index contributed by atoms with van der Waals surface area (Å²) in [5, 5.41) is 0. The first kappa shape index (κ1) is 50.2. The number of fused-ring (bicyclic) bond motifs is 9. The van der Waals surface area contributed by atoms with Crippen molar-refractivity contribution in [3.63, 3.8) is 0 Å². The Balaban J connectivity index is 0.907. The molecule has 2 heteroatoms. The van der Waals surface area contributed by atoms with E-state index in [1.165, 1.54) is 89.0 Å². The molecule has 0 aliphatic heterocycles. The molecule has 2 nitrogen and oxygen atoms in total. The van der Waals surface area contributed by atoms with Crippen molar-refractivity contribution in [2.24, 2.45) is 0 Å². The number of rotatable bonds is 11. The lowest BCUT2D eigenvalue weighted by atomic mass is 9.67. The van der Waals surface area contributed by atoms with Gasteiger partial charge in [-0.25, -0.2) is 0 Å². The van der Waals surface area contributed by atoms with E-state index in [0.717, 1.165) is 45.3 Å². The summed E-state index contributed by atoms with van der Waals surface area (Å²) in [6.45, 7) is 4.76. The monoisotopic (exact) mass is 1080 g/mol. The van der Waals surface area contributed by atoms with Crippen LogP contribution in [0.5, 0.6) is 0 Å². The van der Waals surface area contributed by atoms with Crippen LogP contribution in [0.15, 0.2) is 328 Å². The van der Waals surface area contributed by atoms with Crippen LogP contribution in [0.2, 0.25) is 0 Å². The Kier molecular flexibility index (Phi) is 11.7. The van der Waals surface area contributed by atoms with Gasteiger partial charge in [-0.1, -0.05) is 275 Å². The Morgan fingerprint density at radius 2 is 0.553 bits per heavy atom. The number of para-hydroxylation sites is 1. The van der Waals surface area contributed by atoms with Crippen LogP contribution in [0.3, 0.4) is 0 Å². The predicted octanol–water partition coefficient (Wildman–Crippen LogP) is 21.3. The third-order valence-electron chi connectivity index (χ3n) is 18.8. The highest BCUT2D eigenvalue weighted by Gasteiger charge is 2.48. The first-order valence-electron chi connectivity index (χ1n) is 29.7. The van der Waals surface area contributed by atoms with Gasteiger partial charge in [-0.3, -0.25) is 0 Å². The Hall–Kier alpha value is -10.5. The van der Waals surface area contributed by atoms with Gasteiger partial charge in [0.2, 0.25) is 0 Å². The van der Waals surface area contributed by atoms with E-state index < -0.39 is 10.8 Å². The van der Waals surface area contributed by atoms with Crippen LogP contribution in [-0.2, 0) is 16.2 Å². The molecule has 85 heavy (non-hydrogen) atoms. The van der Waals surface area contributed by atoms with Crippen molar-refractivity contribution >= 4 is 34.1 Å². The minimum Gasteiger partial charge on any atom is -0.310 e. The molecule has 0 unspecified atom stereocenters. The van der Waals surface area contributed by atoms with Gasteiger partial charge in [0, 0.05) is 39.4 Å². The van der Waals surface area contributed by atoms with Gasteiger partial charge in [-0.15, -0.1) is 0 Å². The molecule has 402 valence electrons. The number of benzene rings is 13. The lowest BCUT2D eigenvalue weighted by Gasteiger charge is -2.35. The summed E-state index contributed by atoms with van der Waals surface area (Å²) in [5.41, 5.74) is 27.9. The summed E-state index contributed by atoms with van der Waals surface area (Å²) < 4.78 is 0. The van der Waals surface area contributed by atoms with Crippen molar-refractivity contribution in [3.05, 3.63) is 383 Å². The number of hydrogen-bond acceptors (Lipinski definition) is 2. The zero-order chi connectivity index (χ0) is 56.7. The molecule has 3 aliphatic carbocycles. The van der Waals surface area contributed by atoms with E-state index in [0.29, 0.717) is 0 Å². The quantitative estimate of drug-likeness (QED) is 0.127. The maximum Gasteiger partial charge on any atom is 0.0714 e. The topological polar surface area (TPSA) is 6.48 Å². The van der Waals surface area contributed by atoms with E-state index in [1.807, 2.05) is 0 Å². The van der Waals surface area contributed by atoms with Crippen LogP contribution in [0, 0.1) is 0 Å². The van der Waals surface area contributed by atoms with Gasteiger partial charge in [0.25, 0.3) is 0 Å². The molecule has 0 N–H and O–H groups in total. The van der Waals surface area contributed by atoms with Crippen molar-refractivity contribution in [2.45, 2.75) is 30.1 Å². The molecule has 0 bridgehead atoms. The lowest BCUT2D eigenvalue weighted by Crippen LogP contribution is -2.28. The van der Waals surface area contributed by atoms with E-state index in [2.05, 4.69) is 351 Å². The Morgan fingerprint density at radius 1 is 0.212 bits per heavy atom. The van der Waals surface area contributed by atoms with E-state index in [9.17, 15) is 0 Å². The minimum atomic E-state index is -0.568. The van der Waals surface area contributed by atoms with Gasteiger partial charge in [0.1, 0.15) is 0 Å². The summed E-state index contributed by atoms with van der Waals surface area (Å²) in [7, 11) is 0. The molecule has 16 rings (SSSR count). The standard InChI is InChI=1S/C83H60N2/c1-81(2)74-41-20-15-37-68(74)72-52-50-65(55-78(72)81)84(66-51-53-73-71-40-18-21-42-75(71)82(79(73)56-66,58-28-9-4-10-29-58)59-30-11-5-12-31-59)62-46-48-63(49-47-62)85(80-45-24-19-36-67(80)57-26-7-3-8-27-57)64-35-25-34-61(54-64)83(60-32-13-6-14-33-60)76-43-22-16-38-69(76)70-39-17-23-44-77(70)83/h3-56H,1-2H3. The average molecular weight is 1090 g/mol. The molecular formula is C83H60N2. The Labute approximate surface area is 498 Å². The predicted molar refractivity (Wildman–Crippen MR) is 353 cm³/mol. The van der Waals surface area contributed by atoms with Gasteiger partial charge in [0.15, 0.2) is 0 Å². The van der Waals surface area contributed by atoms with E-state index in [4.69, 9.17) is 0 Å². The summed E-state index contributed by atoms with van der Waals surface area (Å²) in [5.74, 6) is 0. The fourth-order valence-electron chi connectivity index (χ4n) is 15.1. The maximum absolute atomic E-state index is 2.49. The van der Waals surface area contributed by atoms with Crippen LogP contribution >= 0.6 is 0 Å². The summed E-state index contributed by atoms with van der Waals surface area (Å²) in [6, 6.07) is 122. The normalized spacial score (nSPS) is 14.0. The summed E-state index contributed by atoms with van der Waals surface area (Å²) >= 11 is 0. The van der Waals surface area contributed by atoms with Crippen molar-refractivity contribution in [1.29, 1.82) is 0 Å². The Bertz CT molecular complexity index is 4590. The Morgan fingerprint density at radius 3 is 1.07 bits per heavy atom. The molecule has 0 atom stereocenters. The highest BCUT2D eigenvalue weighted by Crippen LogP contribution is 2.60. The molecule has 0 saturated carbocycles. The molecule has 13 aromatic carbocycles. The van der Waals surface area contributed by atoms with Crippen molar-refractivity contribution in [3.8, 4) is 44.5 Å². The van der Waals surface area contributed by atoms with Gasteiger partial charge < -0.3 is 9.80 Å². The van der Waals surface area contributed by atoms with Crippen molar-refractivity contribution in [2.75, 3.05) is 9.80 Å². The van der Waals surface area contributed by atoms with Crippen LogP contribution < -0.4 is 9.80 Å². The highest BCUT2D eigenvalue weighted by atomic mass is 15.2. The zero-order valence-corrected chi connectivity index (χ0v) is 47.6. The first-order chi connectivity index (χ1) is 41.9. The highest BCUT2D eigenvalue weighted by molar-refractivity contribution is 5.94. The SMILES string of the molecule is CC1(C)c2ccccc2-c2ccc(N(c3ccc(N(c4cccc(C5(c6ccccc6)c6ccccc6-c6ccccc65)c4)c4ccccc4-c4ccccc4)cc3)c3ccc4c(c3)C(c3ccccc3)(c3ccccc3)c3ccccc3-4)cc21. The van der Waals surface area contributed by atoms with Crippen molar-refractivity contribution < 1.29 is 0 Å². The zero-order valence-electron chi connectivity index (χ0n) is 47.6. The number of nitrogens with zero attached hydrogens (tertiary/aromatic N) is 2. The third kappa shape index (κ3) is 7.58. The molecule has 3 aliphatic rings.